The van der Waals surface area contributed by atoms with E-state index in [4.69, 9.17) is 9.47 Å². The molecule has 1 aromatic carbocycles. The Morgan fingerprint density at radius 2 is 1.81 bits per heavy atom. The summed E-state index contributed by atoms with van der Waals surface area (Å²) in [6, 6.07) is 4.35. The lowest BCUT2D eigenvalue weighted by Gasteiger charge is -2.36. The summed E-state index contributed by atoms with van der Waals surface area (Å²) in [7, 11) is 1.53. The van der Waals surface area contributed by atoms with Gasteiger partial charge >= 0.3 is 18.2 Å². The summed E-state index contributed by atoms with van der Waals surface area (Å²) in [5, 5.41) is 16.2. The number of carbonyl (C=O) groups is 4. The number of pyridine rings is 1. The van der Waals surface area contributed by atoms with Gasteiger partial charge in [-0.3, -0.25) is 9.59 Å². The molecule has 0 radical (unpaired) electrons. The van der Waals surface area contributed by atoms with Gasteiger partial charge in [-0.15, -0.1) is 0 Å². The highest BCUT2D eigenvalue weighted by Gasteiger charge is 2.61. The second-order valence-electron chi connectivity index (χ2n) is 13.6. The predicted molar refractivity (Wildman–Crippen MR) is 163 cm³/mol. The van der Waals surface area contributed by atoms with Crippen LogP contribution < -0.4 is 20.1 Å². The van der Waals surface area contributed by atoms with Crippen LogP contribution in [0.25, 0.3) is 10.8 Å². The molecule has 4 rings (SSSR count). The molecule has 5 unspecified atom stereocenters. The lowest BCUT2D eigenvalue weighted by atomic mass is 9.85. The molecule has 2 fully saturated rings. The van der Waals surface area contributed by atoms with Crippen molar-refractivity contribution in [3.05, 3.63) is 30.5 Å². The Bertz CT molecular complexity index is 1540. The minimum absolute atomic E-state index is 0.0549. The molecule has 1 saturated heterocycles. The summed E-state index contributed by atoms with van der Waals surface area (Å²) >= 11 is 0. The number of halogens is 3. The summed E-state index contributed by atoms with van der Waals surface area (Å²) in [4.78, 5) is 58.3. The van der Waals surface area contributed by atoms with Gasteiger partial charge < -0.3 is 34.9 Å². The molecule has 47 heavy (non-hydrogen) atoms. The van der Waals surface area contributed by atoms with Crippen molar-refractivity contribution in [2.45, 2.75) is 96.3 Å². The highest BCUT2D eigenvalue weighted by Crippen LogP contribution is 2.46. The largest absolute Gasteiger partial charge is 0.497 e. The third kappa shape index (κ3) is 7.33. The normalized spacial score (nSPS) is 23.5. The van der Waals surface area contributed by atoms with Crippen molar-refractivity contribution in [3.63, 3.8) is 0 Å². The van der Waals surface area contributed by atoms with Gasteiger partial charge in [0.25, 0.3) is 0 Å². The number of aliphatic carboxylic acids is 1. The van der Waals surface area contributed by atoms with E-state index < -0.39 is 64.8 Å². The molecule has 12 nitrogen and oxygen atoms in total. The van der Waals surface area contributed by atoms with Crippen LogP contribution in [0.1, 0.15) is 60.8 Å². The number of alkyl carbamates (subject to hydrolysis) is 1. The van der Waals surface area contributed by atoms with Crippen LogP contribution in [0.2, 0.25) is 0 Å². The Morgan fingerprint density at radius 3 is 2.36 bits per heavy atom. The maximum Gasteiger partial charge on any atom is 0.427 e. The zero-order chi connectivity index (χ0) is 35.1. The topological polar surface area (TPSA) is 156 Å². The van der Waals surface area contributed by atoms with Crippen molar-refractivity contribution in [2.24, 2.45) is 11.3 Å². The third-order valence-electron chi connectivity index (χ3n) is 8.79. The number of ether oxygens (including phenoxy) is 3. The maximum atomic E-state index is 14.2. The predicted octanol–water partition coefficient (Wildman–Crippen LogP) is 4.44. The minimum Gasteiger partial charge on any atom is -0.497 e. The lowest BCUT2D eigenvalue weighted by molar-refractivity contribution is -0.244. The molecule has 1 aromatic heterocycles. The number of rotatable bonds is 10. The Labute approximate surface area is 270 Å². The Morgan fingerprint density at radius 1 is 1.13 bits per heavy atom. The molecule has 0 spiro atoms. The van der Waals surface area contributed by atoms with Crippen LogP contribution in [0.15, 0.2) is 30.5 Å². The SMILES string of the molecule is CCC1CC1(NC(=O)C1CC(Oc2nccc3cc(OC)ccc23)CN1C(=O)C(NC(=O)OC(C)(C)C(F)(F)F)C(C)(C)C)C(=O)O. The van der Waals surface area contributed by atoms with E-state index in [-0.39, 0.29) is 31.2 Å². The third-order valence-corrected chi connectivity index (χ3v) is 8.79. The molecular formula is C32H41F3N4O8. The Balaban J connectivity index is 1.64. The fourth-order valence-corrected chi connectivity index (χ4v) is 5.73. The highest BCUT2D eigenvalue weighted by molar-refractivity contribution is 5.96. The van der Waals surface area contributed by atoms with Crippen LogP contribution in [0.4, 0.5) is 18.0 Å². The number of aromatic nitrogens is 1. The summed E-state index contributed by atoms with van der Waals surface area (Å²) in [6.45, 7) is 7.78. The molecule has 3 amide bonds. The molecule has 2 aliphatic rings. The quantitative estimate of drug-likeness (QED) is 0.334. The van der Waals surface area contributed by atoms with Crippen molar-refractivity contribution >= 4 is 34.6 Å². The Kier molecular flexibility index (Phi) is 9.62. The number of benzene rings is 1. The summed E-state index contributed by atoms with van der Waals surface area (Å²) < 4.78 is 56.5. The van der Waals surface area contributed by atoms with E-state index in [1.165, 1.54) is 13.3 Å². The summed E-state index contributed by atoms with van der Waals surface area (Å²) in [5.74, 6) is -2.17. The Hall–Kier alpha value is -4.30. The van der Waals surface area contributed by atoms with E-state index in [9.17, 15) is 37.5 Å². The number of nitrogens with one attached hydrogen (secondary N) is 2. The minimum atomic E-state index is -4.88. The molecular weight excluding hydrogens is 625 g/mol. The van der Waals surface area contributed by atoms with Crippen LogP contribution in [0.3, 0.4) is 0 Å². The van der Waals surface area contributed by atoms with E-state index in [1.807, 2.05) is 6.92 Å². The number of likely N-dealkylation sites (tertiary alicyclic amines) is 1. The van der Waals surface area contributed by atoms with E-state index in [0.29, 0.717) is 31.4 Å². The van der Waals surface area contributed by atoms with E-state index in [1.54, 1.807) is 45.0 Å². The van der Waals surface area contributed by atoms with Crippen LogP contribution in [-0.4, -0.2) is 88.0 Å². The number of carboxylic acids is 1. The molecule has 15 heteroatoms. The van der Waals surface area contributed by atoms with Gasteiger partial charge in [-0.05, 0) is 61.3 Å². The van der Waals surface area contributed by atoms with Crippen molar-refractivity contribution in [2.75, 3.05) is 13.7 Å². The number of carboxylic acid groups (broad SMARTS) is 1. The molecule has 3 N–H and O–H groups in total. The molecule has 1 aliphatic heterocycles. The second-order valence-corrected chi connectivity index (χ2v) is 13.6. The van der Waals surface area contributed by atoms with Gasteiger partial charge in [0.15, 0.2) is 0 Å². The number of nitrogens with zero attached hydrogens (tertiary/aromatic N) is 2. The number of methoxy groups -OCH3 is 1. The first kappa shape index (κ1) is 35.6. The average molecular weight is 667 g/mol. The fourth-order valence-electron chi connectivity index (χ4n) is 5.73. The first-order chi connectivity index (χ1) is 21.7. The molecule has 0 bridgehead atoms. The molecule has 5 atom stereocenters. The van der Waals surface area contributed by atoms with Crippen molar-refractivity contribution in [1.82, 2.24) is 20.5 Å². The van der Waals surface area contributed by atoms with Gasteiger partial charge in [-0.2, -0.15) is 13.2 Å². The van der Waals surface area contributed by atoms with Crippen LogP contribution >= 0.6 is 0 Å². The lowest BCUT2D eigenvalue weighted by Crippen LogP contribution is -2.60. The molecule has 1 aliphatic carbocycles. The van der Waals surface area contributed by atoms with Crippen molar-refractivity contribution in [1.29, 1.82) is 0 Å². The van der Waals surface area contributed by atoms with E-state index >= 15 is 0 Å². The molecule has 2 aromatic rings. The highest BCUT2D eigenvalue weighted by atomic mass is 19.4. The smallest absolute Gasteiger partial charge is 0.427 e. The molecule has 1 saturated carbocycles. The first-order valence-corrected chi connectivity index (χ1v) is 15.3. The number of fused-ring (bicyclic) bond motifs is 1. The number of amides is 3. The second kappa shape index (κ2) is 12.7. The molecule has 258 valence electrons. The van der Waals surface area contributed by atoms with E-state index in [2.05, 4.69) is 20.4 Å². The van der Waals surface area contributed by atoms with Crippen LogP contribution in [-0.2, 0) is 19.1 Å². The number of alkyl halides is 3. The van der Waals surface area contributed by atoms with Gasteiger partial charge in [-0.25, -0.2) is 14.6 Å². The number of hydrogen-bond acceptors (Lipinski definition) is 8. The van der Waals surface area contributed by atoms with Gasteiger partial charge in [0.05, 0.1) is 13.7 Å². The number of carbonyl (C=O) groups excluding carboxylic acids is 3. The van der Waals surface area contributed by atoms with Crippen LogP contribution in [0.5, 0.6) is 11.6 Å². The van der Waals surface area contributed by atoms with Crippen LogP contribution in [0, 0.1) is 11.3 Å². The monoisotopic (exact) mass is 666 g/mol. The van der Waals surface area contributed by atoms with Crippen molar-refractivity contribution in [3.8, 4) is 11.6 Å². The van der Waals surface area contributed by atoms with Gasteiger partial charge in [0.1, 0.15) is 29.5 Å². The van der Waals surface area contributed by atoms with Gasteiger partial charge in [0, 0.05) is 18.0 Å². The van der Waals surface area contributed by atoms with E-state index in [0.717, 1.165) is 10.3 Å². The fraction of sp³-hybridized carbons (Fsp3) is 0.594. The standard InChI is InChI=1S/C32H41F3N4O8/c1-8-18-15-31(18,27(42)43)38-24(40)22-14-20(46-25-21-10-9-19(45-7)13-17(21)11-12-36-25)16-39(22)26(41)23(29(2,3)4)37-28(44)47-30(5,6)32(33,34)35/h9-13,18,20,22-23H,8,14-16H2,1-7H3,(H,37,44)(H,38,40)(H,42,43). The summed E-state index contributed by atoms with van der Waals surface area (Å²) in [5.41, 5.74) is -5.39. The maximum absolute atomic E-state index is 14.2. The number of hydrogen-bond donors (Lipinski definition) is 3. The van der Waals surface area contributed by atoms with Crippen molar-refractivity contribution < 1.29 is 51.7 Å². The molecule has 2 heterocycles. The van der Waals surface area contributed by atoms with Gasteiger partial charge in [0.2, 0.25) is 23.3 Å². The zero-order valence-electron chi connectivity index (χ0n) is 27.4. The van der Waals surface area contributed by atoms with Gasteiger partial charge in [-0.1, -0.05) is 34.1 Å². The zero-order valence-corrected chi connectivity index (χ0v) is 27.4. The average Bonchev–Trinajstić information content (AvgIpc) is 3.53. The summed E-state index contributed by atoms with van der Waals surface area (Å²) in [6.07, 6.45) is -4.95. The first-order valence-electron chi connectivity index (χ1n) is 15.3.